The maximum absolute atomic E-state index is 12.2. The van der Waals surface area contributed by atoms with Crippen molar-refractivity contribution in [1.82, 2.24) is 15.1 Å². The number of nitrogens with zero attached hydrogens (tertiary/aromatic N) is 2. The lowest BCUT2D eigenvalue weighted by molar-refractivity contribution is -0.129. The molecule has 6 heteroatoms. The highest BCUT2D eigenvalue weighted by molar-refractivity contribution is 5.89. The van der Waals surface area contributed by atoms with Gasteiger partial charge in [-0.25, -0.2) is 0 Å². The van der Waals surface area contributed by atoms with Crippen molar-refractivity contribution in [3.8, 4) is 0 Å². The number of carbonyl (C=O) groups excluding carboxylic acids is 2. The zero-order chi connectivity index (χ0) is 15.2. The molecule has 1 atom stereocenters. The number of hydrogen-bond acceptors (Lipinski definition) is 4. The fourth-order valence-electron chi connectivity index (χ4n) is 2.82. The number of hydrogen-bond donors (Lipinski definition) is 1. The van der Waals surface area contributed by atoms with Crippen LogP contribution in [0.5, 0.6) is 0 Å². The first-order valence-corrected chi connectivity index (χ1v) is 7.84. The molecule has 2 amide bonds. The quantitative estimate of drug-likeness (QED) is 0.746. The van der Waals surface area contributed by atoms with Crippen molar-refractivity contribution >= 4 is 11.8 Å². The van der Waals surface area contributed by atoms with Gasteiger partial charge in [0.15, 0.2) is 0 Å². The van der Waals surface area contributed by atoms with Crippen molar-refractivity contribution in [1.29, 1.82) is 0 Å². The molecule has 2 saturated heterocycles. The van der Waals surface area contributed by atoms with Crippen LogP contribution in [0.2, 0.25) is 0 Å². The number of nitrogens with one attached hydrogen (secondary N) is 1. The van der Waals surface area contributed by atoms with E-state index in [4.69, 9.17) is 4.74 Å². The first-order chi connectivity index (χ1) is 10.1. The zero-order valence-electron chi connectivity index (χ0n) is 13.1. The molecule has 2 aliphatic heterocycles. The Morgan fingerprint density at radius 1 is 1.38 bits per heavy atom. The Kier molecular flexibility index (Phi) is 5.99. The smallest absolute Gasteiger partial charge is 0.225 e. The summed E-state index contributed by atoms with van der Waals surface area (Å²) in [7, 11) is 3.97. The lowest BCUT2D eigenvalue weighted by Gasteiger charge is -2.23. The third kappa shape index (κ3) is 4.97. The Hall–Kier alpha value is -1.14. The normalized spacial score (nSPS) is 23.9. The molecule has 0 aromatic rings. The second-order valence-electron chi connectivity index (χ2n) is 6.34. The van der Waals surface area contributed by atoms with Crippen LogP contribution in [0, 0.1) is 11.8 Å². The number of carbonyl (C=O) groups is 2. The van der Waals surface area contributed by atoms with Gasteiger partial charge >= 0.3 is 0 Å². The van der Waals surface area contributed by atoms with Gasteiger partial charge in [0, 0.05) is 45.8 Å². The third-order valence-corrected chi connectivity index (χ3v) is 4.31. The molecule has 2 rings (SSSR count). The minimum atomic E-state index is -0.181. The molecule has 1 N–H and O–H groups in total. The van der Waals surface area contributed by atoms with Crippen LogP contribution in [0.4, 0.5) is 0 Å². The van der Waals surface area contributed by atoms with Crippen LogP contribution in [0.1, 0.15) is 19.3 Å². The fraction of sp³-hybridized carbons (Fsp3) is 0.867. The van der Waals surface area contributed by atoms with E-state index in [1.807, 2.05) is 19.0 Å². The molecule has 2 fully saturated rings. The number of likely N-dealkylation sites (N-methyl/N-ethyl adjacent to an activating group) is 1. The van der Waals surface area contributed by atoms with E-state index in [0.717, 1.165) is 32.6 Å². The van der Waals surface area contributed by atoms with Gasteiger partial charge in [-0.15, -0.1) is 0 Å². The molecule has 0 saturated carbocycles. The monoisotopic (exact) mass is 297 g/mol. The number of likely N-dealkylation sites (tertiary alicyclic amines) is 1. The topological polar surface area (TPSA) is 61.9 Å². The van der Waals surface area contributed by atoms with Crippen LogP contribution >= 0.6 is 0 Å². The van der Waals surface area contributed by atoms with Crippen molar-refractivity contribution in [2.45, 2.75) is 19.3 Å². The predicted octanol–water partition coefficient (Wildman–Crippen LogP) is -0.0607. The molecule has 2 aliphatic rings. The molecule has 0 aliphatic carbocycles. The van der Waals surface area contributed by atoms with Crippen LogP contribution in [-0.2, 0) is 14.3 Å². The second-order valence-corrected chi connectivity index (χ2v) is 6.34. The van der Waals surface area contributed by atoms with E-state index < -0.39 is 0 Å². The third-order valence-electron chi connectivity index (χ3n) is 4.31. The minimum Gasteiger partial charge on any atom is -0.381 e. The average molecular weight is 297 g/mol. The van der Waals surface area contributed by atoms with Gasteiger partial charge in [0.1, 0.15) is 0 Å². The van der Waals surface area contributed by atoms with Gasteiger partial charge in [-0.3, -0.25) is 9.59 Å². The predicted molar refractivity (Wildman–Crippen MR) is 79.8 cm³/mol. The van der Waals surface area contributed by atoms with Crippen LogP contribution in [0.3, 0.4) is 0 Å². The largest absolute Gasteiger partial charge is 0.381 e. The Morgan fingerprint density at radius 2 is 2.10 bits per heavy atom. The fourth-order valence-corrected chi connectivity index (χ4v) is 2.82. The minimum absolute atomic E-state index is 0.0298. The van der Waals surface area contributed by atoms with E-state index in [1.165, 1.54) is 0 Å². The Labute approximate surface area is 126 Å². The lowest BCUT2D eigenvalue weighted by Crippen LogP contribution is -2.38. The lowest BCUT2D eigenvalue weighted by atomic mass is 10.00. The summed E-state index contributed by atoms with van der Waals surface area (Å²) in [6, 6.07) is 0. The molecular weight excluding hydrogens is 270 g/mol. The average Bonchev–Trinajstić information content (AvgIpc) is 2.85. The van der Waals surface area contributed by atoms with E-state index >= 15 is 0 Å². The molecule has 0 aromatic carbocycles. The number of rotatable bonds is 6. The summed E-state index contributed by atoms with van der Waals surface area (Å²) in [5.41, 5.74) is 0. The highest BCUT2D eigenvalue weighted by Crippen LogP contribution is 2.18. The summed E-state index contributed by atoms with van der Waals surface area (Å²) >= 11 is 0. The van der Waals surface area contributed by atoms with Gasteiger partial charge in [-0.1, -0.05) is 0 Å². The van der Waals surface area contributed by atoms with Crippen molar-refractivity contribution < 1.29 is 14.3 Å². The van der Waals surface area contributed by atoms with Crippen LogP contribution in [0.15, 0.2) is 0 Å². The Morgan fingerprint density at radius 3 is 2.76 bits per heavy atom. The summed E-state index contributed by atoms with van der Waals surface area (Å²) < 4.78 is 5.31. The first kappa shape index (κ1) is 16.2. The number of ether oxygens (including phenoxy) is 1. The molecule has 0 bridgehead atoms. The van der Waals surface area contributed by atoms with E-state index in [1.54, 1.807) is 4.90 Å². The van der Waals surface area contributed by atoms with E-state index in [-0.39, 0.29) is 17.7 Å². The van der Waals surface area contributed by atoms with Crippen LogP contribution < -0.4 is 5.32 Å². The summed E-state index contributed by atoms with van der Waals surface area (Å²) in [5.74, 6) is 0.467. The van der Waals surface area contributed by atoms with E-state index in [9.17, 15) is 9.59 Å². The van der Waals surface area contributed by atoms with Gasteiger partial charge in [0.05, 0.1) is 5.92 Å². The molecule has 1 unspecified atom stereocenters. The number of amides is 2. The molecule has 6 nitrogen and oxygen atoms in total. The highest BCUT2D eigenvalue weighted by Gasteiger charge is 2.34. The van der Waals surface area contributed by atoms with Crippen LogP contribution in [-0.4, -0.2) is 75.1 Å². The van der Waals surface area contributed by atoms with Crippen molar-refractivity contribution in [2.75, 3.05) is 53.5 Å². The Bertz CT molecular complexity index is 367. The van der Waals surface area contributed by atoms with E-state index in [0.29, 0.717) is 32.0 Å². The summed E-state index contributed by atoms with van der Waals surface area (Å²) in [5, 5.41) is 3.02. The van der Waals surface area contributed by atoms with Crippen LogP contribution in [0.25, 0.3) is 0 Å². The highest BCUT2D eigenvalue weighted by atomic mass is 16.5. The summed E-state index contributed by atoms with van der Waals surface area (Å²) in [6.45, 7) is 4.40. The SMILES string of the molecule is CN(C)CCN1CC(C(=O)NCC2CCOCC2)CC1=O. The Balaban J connectivity index is 1.71. The molecular formula is C15H27N3O3. The second kappa shape index (κ2) is 7.75. The maximum Gasteiger partial charge on any atom is 0.225 e. The van der Waals surface area contributed by atoms with Gasteiger partial charge in [-0.05, 0) is 32.9 Å². The maximum atomic E-state index is 12.2. The molecule has 120 valence electrons. The zero-order valence-corrected chi connectivity index (χ0v) is 13.1. The molecule has 21 heavy (non-hydrogen) atoms. The molecule has 0 spiro atoms. The van der Waals surface area contributed by atoms with Crippen molar-refractivity contribution in [3.05, 3.63) is 0 Å². The summed E-state index contributed by atoms with van der Waals surface area (Å²) in [4.78, 5) is 28.0. The summed E-state index contributed by atoms with van der Waals surface area (Å²) in [6.07, 6.45) is 2.38. The van der Waals surface area contributed by atoms with Crippen molar-refractivity contribution in [2.24, 2.45) is 11.8 Å². The molecule has 0 aromatic heterocycles. The van der Waals surface area contributed by atoms with Gasteiger partial charge in [-0.2, -0.15) is 0 Å². The van der Waals surface area contributed by atoms with Gasteiger partial charge in [0.2, 0.25) is 11.8 Å². The first-order valence-electron chi connectivity index (χ1n) is 7.84. The molecule has 0 radical (unpaired) electrons. The molecule has 2 heterocycles. The van der Waals surface area contributed by atoms with Gasteiger partial charge < -0.3 is 19.9 Å². The van der Waals surface area contributed by atoms with Crippen molar-refractivity contribution in [3.63, 3.8) is 0 Å². The van der Waals surface area contributed by atoms with E-state index in [2.05, 4.69) is 5.32 Å². The van der Waals surface area contributed by atoms with Gasteiger partial charge in [0.25, 0.3) is 0 Å². The standard InChI is InChI=1S/C15H27N3O3/c1-17(2)5-6-18-11-13(9-14(18)19)15(20)16-10-12-3-7-21-8-4-12/h12-13H,3-11H2,1-2H3,(H,16,20).